The smallest absolute Gasteiger partial charge is 0.254 e. The molecule has 1 aromatic carbocycles. The standard InChI is InChI=1S/C21H21FN2OS/c1-2-6-24-18-16(22)4-3-5-17(18)26-20(24)23-19(25)21-10-13-7-14(11-21)9-15(8-13)12-21/h1,3-5,13-15H,6-12H2. The van der Waals surface area contributed by atoms with E-state index in [2.05, 4.69) is 10.9 Å². The lowest BCUT2D eigenvalue weighted by atomic mass is 9.49. The van der Waals surface area contributed by atoms with Gasteiger partial charge in [0.25, 0.3) is 5.91 Å². The number of aromatic nitrogens is 1. The Kier molecular flexibility index (Phi) is 3.62. The van der Waals surface area contributed by atoms with Crippen LogP contribution in [0.4, 0.5) is 4.39 Å². The predicted octanol–water partition coefficient (Wildman–Crippen LogP) is 4.12. The van der Waals surface area contributed by atoms with Crippen LogP contribution < -0.4 is 4.80 Å². The third kappa shape index (κ3) is 2.39. The molecule has 5 heteroatoms. The van der Waals surface area contributed by atoms with E-state index in [0.717, 1.165) is 24.0 Å². The lowest BCUT2D eigenvalue weighted by Gasteiger charge is -2.55. The SMILES string of the molecule is C#CCn1c(=NC(=O)C23CC4CC(CC(C4)C2)C3)sc2cccc(F)c21. The molecule has 26 heavy (non-hydrogen) atoms. The monoisotopic (exact) mass is 368 g/mol. The first-order valence-electron chi connectivity index (χ1n) is 9.38. The fraction of sp³-hybridized carbons (Fsp3) is 0.524. The molecule has 3 nitrogen and oxygen atoms in total. The zero-order valence-electron chi connectivity index (χ0n) is 14.6. The van der Waals surface area contributed by atoms with Crippen LogP contribution in [-0.2, 0) is 11.3 Å². The topological polar surface area (TPSA) is 34.4 Å². The second-order valence-corrected chi connectivity index (χ2v) is 9.39. The molecule has 0 spiro atoms. The molecule has 6 rings (SSSR count). The Hall–Kier alpha value is -1.93. The number of hydrogen-bond acceptors (Lipinski definition) is 2. The molecule has 4 saturated carbocycles. The molecule has 0 aliphatic heterocycles. The van der Waals surface area contributed by atoms with E-state index in [0.29, 0.717) is 28.1 Å². The van der Waals surface area contributed by atoms with Crippen molar-refractivity contribution in [1.29, 1.82) is 0 Å². The van der Waals surface area contributed by atoms with E-state index in [9.17, 15) is 9.18 Å². The number of nitrogens with zero attached hydrogens (tertiary/aromatic N) is 2. The van der Waals surface area contributed by atoms with Crippen LogP contribution in [0, 0.1) is 41.3 Å². The first kappa shape index (κ1) is 16.3. The molecule has 134 valence electrons. The molecule has 0 atom stereocenters. The summed E-state index contributed by atoms with van der Waals surface area (Å²) < 4.78 is 16.8. The summed E-state index contributed by atoms with van der Waals surface area (Å²) in [7, 11) is 0. The summed E-state index contributed by atoms with van der Waals surface area (Å²) >= 11 is 1.35. The molecule has 2 aromatic rings. The van der Waals surface area contributed by atoms with Crippen molar-refractivity contribution in [1.82, 2.24) is 4.57 Å². The largest absolute Gasteiger partial charge is 0.302 e. The van der Waals surface area contributed by atoms with Gasteiger partial charge in [0, 0.05) is 0 Å². The Balaban J connectivity index is 1.61. The maximum Gasteiger partial charge on any atom is 0.254 e. The average molecular weight is 368 g/mol. The van der Waals surface area contributed by atoms with E-state index in [-0.39, 0.29) is 23.7 Å². The van der Waals surface area contributed by atoms with Gasteiger partial charge in [0.1, 0.15) is 5.82 Å². The summed E-state index contributed by atoms with van der Waals surface area (Å²) in [5.41, 5.74) is 0.171. The number of hydrogen-bond donors (Lipinski definition) is 0. The molecule has 1 heterocycles. The van der Waals surface area contributed by atoms with E-state index in [1.807, 2.05) is 6.07 Å². The van der Waals surface area contributed by atoms with Crippen molar-refractivity contribution in [2.45, 2.75) is 45.1 Å². The molecule has 0 saturated heterocycles. The fourth-order valence-electron chi connectivity index (χ4n) is 5.99. The third-order valence-electron chi connectivity index (χ3n) is 6.59. The average Bonchev–Trinajstić information content (AvgIpc) is 2.93. The molecular formula is C21H21FN2OS. The zero-order chi connectivity index (χ0) is 17.9. The zero-order valence-corrected chi connectivity index (χ0v) is 15.4. The van der Waals surface area contributed by atoms with Gasteiger partial charge in [-0.2, -0.15) is 4.99 Å². The molecular weight excluding hydrogens is 347 g/mol. The summed E-state index contributed by atoms with van der Waals surface area (Å²) in [6.45, 7) is 0.216. The van der Waals surface area contributed by atoms with Crippen LogP contribution in [0.15, 0.2) is 23.2 Å². The number of terminal acetylenes is 1. The van der Waals surface area contributed by atoms with Crippen LogP contribution in [0.3, 0.4) is 0 Å². The number of fused-ring (bicyclic) bond motifs is 1. The Labute approximate surface area is 155 Å². The number of carbonyl (C=O) groups excluding carboxylic acids is 1. The number of thiazole rings is 1. The maximum atomic E-state index is 14.3. The Morgan fingerprint density at radius 1 is 1.27 bits per heavy atom. The van der Waals surface area contributed by atoms with Crippen LogP contribution >= 0.6 is 11.3 Å². The number of rotatable bonds is 2. The minimum atomic E-state index is -0.322. The summed E-state index contributed by atoms with van der Waals surface area (Å²) in [4.78, 5) is 18.3. The Bertz CT molecular complexity index is 974. The van der Waals surface area contributed by atoms with Crippen LogP contribution in [0.1, 0.15) is 38.5 Å². The minimum Gasteiger partial charge on any atom is -0.302 e. The van der Waals surface area contributed by atoms with E-state index in [1.165, 1.54) is 36.7 Å². The summed E-state index contributed by atoms with van der Waals surface area (Å²) in [5, 5.41) is 0. The van der Waals surface area contributed by atoms with Crippen molar-refractivity contribution < 1.29 is 9.18 Å². The van der Waals surface area contributed by atoms with Crippen molar-refractivity contribution in [2.75, 3.05) is 0 Å². The van der Waals surface area contributed by atoms with Gasteiger partial charge < -0.3 is 4.57 Å². The van der Waals surface area contributed by atoms with Gasteiger partial charge in [-0.15, -0.1) is 6.42 Å². The van der Waals surface area contributed by atoms with E-state index in [4.69, 9.17) is 6.42 Å². The summed E-state index contributed by atoms with van der Waals surface area (Å²) in [5.74, 6) is 4.32. The van der Waals surface area contributed by atoms with Gasteiger partial charge in [-0.05, 0) is 68.4 Å². The Morgan fingerprint density at radius 3 is 2.54 bits per heavy atom. The van der Waals surface area contributed by atoms with Crippen molar-refractivity contribution in [3.05, 3.63) is 28.8 Å². The molecule has 4 bridgehead atoms. The summed E-state index contributed by atoms with van der Waals surface area (Å²) in [6.07, 6.45) is 12.3. The van der Waals surface area contributed by atoms with Crippen molar-refractivity contribution in [3.63, 3.8) is 0 Å². The minimum absolute atomic E-state index is 0.00524. The first-order valence-corrected chi connectivity index (χ1v) is 10.2. The fourth-order valence-corrected chi connectivity index (χ4v) is 7.03. The highest BCUT2D eigenvalue weighted by Crippen LogP contribution is 2.60. The van der Waals surface area contributed by atoms with Crippen LogP contribution in [-0.4, -0.2) is 10.5 Å². The van der Waals surface area contributed by atoms with E-state index in [1.54, 1.807) is 10.6 Å². The van der Waals surface area contributed by atoms with Gasteiger partial charge in [0.05, 0.1) is 22.2 Å². The van der Waals surface area contributed by atoms with Gasteiger partial charge in [-0.3, -0.25) is 4.79 Å². The first-order chi connectivity index (χ1) is 12.6. The van der Waals surface area contributed by atoms with Crippen LogP contribution in [0.2, 0.25) is 0 Å². The highest BCUT2D eigenvalue weighted by atomic mass is 32.1. The van der Waals surface area contributed by atoms with Gasteiger partial charge in [-0.1, -0.05) is 23.3 Å². The summed E-state index contributed by atoms with van der Waals surface area (Å²) in [6, 6.07) is 4.95. The lowest BCUT2D eigenvalue weighted by Crippen LogP contribution is -2.49. The quantitative estimate of drug-likeness (QED) is 0.734. The van der Waals surface area contributed by atoms with Crippen LogP contribution in [0.5, 0.6) is 0 Å². The molecule has 4 aliphatic rings. The van der Waals surface area contributed by atoms with E-state index < -0.39 is 0 Å². The lowest BCUT2D eigenvalue weighted by molar-refractivity contribution is -0.142. The molecule has 4 aliphatic carbocycles. The molecule has 4 fully saturated rings. The van der Waals surface area contributed by atoms with Gasteiger partial charge in [-0.25, -0.2) is 4.39 Å². The molecule has 0 radical (unpaired) electrons. The molecule has 1 amide bonds. The number of benzene rings is 1. The number of para-hydroxylation sites is 1. The normalized spacial score (nSPS) is 32.9. The van der Waals surface area contributed by atoms with Gasteiger partial charge >= 0.3 is 0 Å². The van der Waals surface area contributed by atoms with Crippen molar-refractivity contribution in [2.24, 2.45) is 28.2 Å². The van der Waals surface area contributed by atoms with E-state index >= 15 is 0 Å². The number of halogens is 1. The van der Waals surface area contributed by atoms with Crippen molar-refractivity contribution >= 4 is 27.5 Å². The molecule has 1 aromatic heterocycles. The number of amides is 1. The molecule has 0 N–H and O–H groups in total. The third-order valence-corrected chi connectivity index (χ3v) is 7.63. The second-order valence-electron chi connectivity index (χ2n) is 8.38. The molecule has 0 unspecified atom stereocenters. The maximum absolute atomic E-state index is 14.3. The second kappa shape index (κ2) is 5.79. The van der Waals surface area contributed by atoms with Crippen molar-refractivity contribution in [3.8, 4) is 12.3 Å². The highest BCUT2D eigenvalue weighted by Gasteiger charge is 2.54. The van der Waals surface area contributed by atoms with Gasteiger partial charge in [0.15, 0.2) is 4.80 Å². The predicted molar refractivity (Wildman–Crippen MR) is 99.8 cm³/mol. The number of carbonyl (C=O) groups is 1. The highest BCUT2D eigenvalue weighted by molar-refractivity contribution is 7.16. The Morgan fingerprint density at radius 2 is 1.92 bits per heavy atom. The van der Waals surface area contributed by atoms with Gasteiger partial charge in [0.2, 0.25) is 0 Å². The van der Waals surface area contributed by atoms with Crippen LogP contribution in [0.25, 0.3) is 10.2 Å².